The Morgan fingerprint density at radius 1 is 1.23 bits per heavy atom. The van der Waals surface area contributed by atoms with Crippen LogP contribution in [0.2, 0.25) is 0 Å². The number of anilines is 1. The lowest BCUT2D eigenvalue weighted by molar-refractivity contribution is -0.122. The van der Waals surface area contributed by atoms with E-state index in [0.29, 0.717) is 36.7 Å². The first kappa shape index (κ1) is 18.2. The third-order valence-electron chi connectivity index (χ3n) is 4.97. The van der Waals surface area contributed by atoms with Crippen molar-refractivity contribution in [3.8, 4) is 5.69 Å². The molecule has 1 aliphatic heterocycles. The molecule has 8 heteroatoms. The number of hydrogen-bond donors (Lipinski definition) is 2. The second-order valence-electron chi connectivity index (χ2n) is 6.53. The summed E-state index contributed by atoms with van der Waals surface area (Å²) in [6.45, 7) is 3.18. The summed E-state index contributed by atoms with van der Waals surface area (Å²) in [5, 5.41) is 3.61. The first-order valence-corrected chi connectivity index (χ1v) is 9.00. The Morgan fingerprint density at radius 2 is 1.85 bits per heavy atom. The largest absolute Gasteiger partial charge is 0.369 e. The molecule has 26 heavy (non-hydrogen) atoms. The number of hydrogen-bond acceptors (Lipinski definition) is 3. The molecule has 0 spiro atoms. The minimum atomic E-state index is -0.256. The molecule has 138 valence electrons. The Hall–Kier alpha value is -2.61. The third-order valence-corrected chi connectivity index (χ3v) is 5.33. The predicted molar refractivity (Wildman–Crippen MR) is 105 cm³/mol. The van der Waals surface area contributed by atoms with Gasteiger partial charge in [-0.15, -0.1) is 0 Å². The highest BCUT2D eigenvalue weighted by Gasteiger charge is 2.25. The van der Waals surface area contributed by atoms with E-state index in [-0.39, 0.29) is 17.4 Å². The summed E-state index contributed by atoms with van der Waals surface area (Å²) in [5.74, 6) is -0.351. The summed E-state index contributed by atoms with van der Waals surface area (Å²) in [5.41, 5.74) is 7.29. The van der Waals surface area contributed by atoms with Crippen LogP contribution in [0.4, 0.5) is 5.69 Å². The third kappa shape index (κ3) is 3.37. The molecule has 7 nitrogen and oxygen atoms in total. The number of primary amides is 1. The highest BCUT2D eigenvalue weighted by atomic mass is 32.1. The van der Waals surface area contributed by atoms with Crippen molar-refractivity contribution in [2.24, 2.45) is 18.7 Å². The number of carbonyl (C=O) groups excluding carboxylic acids is 1. The van der Waals surface area contributed by atoms with Gasteiger partial charge >= 0.3 is 0 Å². The molecular formula is C18H23N5O2S. The van der Waals surface area contributed by atoms with Crippen molar-refractivity contribution < 1.29 is 4.79 Å². The fourth-order valence-electron chi connectivity index (χ4n) is 3.27. The molecule has 2 aromatic rings. The number of benzene rings is 1. The molecule has 1 fully saturated rings. The van der Waals surface area contributed by atoms with Crippen molar-refractivity contribution in [1.29, 1.82) is 0 Å². The lowest BCUT2D eigenvalue weighted by Gasteiger charge is -2.32. The van der Waals surface area contributed by atoms with Crippen molar-refractivity contribution in [3.63, 3.8) is 0 Å². The molecular weight excluding hydrogens is 350 g/mol. The van der Waals surface area contributed by atoms with E-state index in [1.165, 1.54) is 0 Å². The molecule has 0 aliphatic carbocycles. The van der Waals surface area contributed by atoms with Gasteiger partial charge in [0.1, 0.15) is 5.69 Å². The van der Waals surface area contributed by atoms with Crippen molar-refractivity contribution in [3.05, 3.63) is 46.4 Å². The summed E-state index contributed by atoms with van der Waals surface area (Å²) in [6, 6.07) is 9.47. The maximum atomic E-state index is 12.9. The Morgan fingerprint density at radius 3 is 2.42 bits per heavy atom. The molecule has 0 radical (unpaired) electrons. The number of para-hydroxylation sites is 1. The molecule has 3 rings (SSSR count). The van der Waals surface area contributed by atoms with Gasteiger partial charge < -0.3 is 16.0 Å². The van der Waals surface area contributed by atoms with Gasteiger partial charge in [-0.05, 0) is 44.1 Å². The molecule has 1 amide bonds. The second-order valence-corrected chi connectivity index (χ2v) is 6.92. The van der Waals surface area contributed by atoms with Crippen LogP contribution in [-0.4, -0.2) is 38.4 Å². The normalized spacial score (nSPS) is 15.1. The highest BCUT2D eigenvalue weighted by molar-refractivity contribution is 7.80. The van der Waals surface area contributed by atoms with Crippen LogP contribution in [0.15, 0.2) is 35.1 Å². The molecule has 0 saturated carbocycles. The van der Waals surface area contributed by atoms with Crippen LogP contribution < -0.4 is 16.6 Å². The predicted octanol–water partition coefficient (Wildman–Crippen LogP) is 1.38. The number of piperidine rings is 1. The number of thiocarbonyl (C=S) groups is 1. The molecule has 2 heterocycles. The van der Waals surface area contributed by atoms with Crippen LogP contribution in [0.3, 0.4) is 0 Å². The fraction of sp³-hybridized carbons (Fsp3) is 0.389. The fourth-order valence-corrected chi connectivity index (χ4v) is 3.55. The zero-order chi connectivity index (χ0) is 18.8. The first-order valence-electron chi connectivity index (χ1n) is 8.59. The van der Waals surface area contributed by atoms with Crippen LogP contribution in [0, 0.1) is 12.8 Å². The van der Waals surface area contributed by atoms with Crippen LogP contribution in [0.5, 0.6) is 0 Å². The summed E-state index contributed by atoms with van der Waals surface area (Å²) in [4.78, 5) is 26.2. The number of nitrogens with zero attached hydrogens (tertiary/aromatic N) is 3. The number of nitrogens with one attached hydrogen (secondary N) is 1. The smallest absolute Gasteiger partial charge is 0.295 e. The van der Waals surface area contributed by atoms with E-state index >= 15 is 0 Å². The Balaban J connectivity index is 1.80. The van der Waals surface area contributed by atoms with E-state index in [0.717, 1.165) is 11.4 Å². The van der Waals surface area contributed by atoms with Crippen LogP contribution in [0.1, 0.15) is 18.5 Å². The number of rotatable bonds is 3. The minimum Gasteiger partial charge on any atom is -0.369 e. The van der Waals surface area contributed by atoms with Gasteiger partial charge in [0, 0.05) is 26.1 Å². The van der Waals surface area contributed by atoms with Crippen molar-refractivity contribution in [2.75, 3.05) is 18.4 Å². The van der Waals surface area contributed by atoms with E-state index in [1.807, 2.05) is 53.9 Å². The number of nitrogens with two attached hydrogens (primary N) is 1. The maximum Gasteiger partial charge on any atom is 0.295 e. The number of carbonyl (C=O) groups is 1. The lowest BCUT2D eigenvalue weighted by atomic mass is 9.97. The average Bonchev–Trinajstić information content (AvgIpc) is 2.86. The quantitative estimate of drug-likeness (QED) is 0.794. The van der Waals surface area contributed by atoms with Gasteiger partial charge in [0.05, 0.1) is 11.4 Å². The summed E-state index contributed by atoms with van der Waals surface area (Å²) >= 11 is 5.49. The zero-order valence-corrected chi connectivity index (χ0v) is 15.8. The van der Waals surface area contributed by atoms with Gasteiger partial charge in [0.2, 0.25) is 5.91 Å². The molecule has 0 unspecified atom stereocenters. The molecule has 1 aromatic heterocycles. The van der Waals surface area contributed by atoms with Gasteiger partial charge in [0.15, 0.2) is 5.11 Å². The zero-order valence-electron chi connectivity index (χ0n) is 14.9. The molecule has 0 atom stereocenters. The molecule has 3 N–H and O–H groups in total. The Labute approximate surface area is 157 Å². The van der Waals surface area contributed by atoms with Gasteiger partial charge in [-0.2, -0.15) is 0 Å². The van der Waals surface area contributed by atoms with Crippen LogP contribution in [0.25, 0.3) is 5.69 Å². The Bertz CT molecular complexity index is 879. The first-order chi connectivity index (χ1) is 12.4. The van der Waals surface area contributed by atoms with E-state index in [1.54, 1.807) is 4.68 Å². The topological polar surface area (TPSA) is 85.3 Å². The van der Waals surface area contributed by atoms with Crippen molar-refractivity contribution >= 4 is 28.9 Å². The summed E-state index contributed by atoms with van der Waals surface area (Å²) < 4.78 is 3.42. The highest BCUT2D eigenvalue weighted by Crippen LogP contribution is 2.19. The van der Waals surface area contributed by atoms with Gasteiger partial charge in [0.25, 0.3) is 5.56 Å². The molecule has 1 aliphatic rings. The number of amides is 1. The van der Waals surface area contributed by atoms with Crippen molar-refractivity contribution in [2.45, 2.75) is 19.8 Å². The minimum absolute atomic E-state index is 0.0946. The second kappa shape index (κ2) is 7.33. The molecule has 1 aromatic carbocycles. The Kier molecular flexibility index (Phi) is 5.13. The SMILES string of the molecule is Cc1c(NC(=S)N2CCC(C(N)=O)CC2)c(=O)n(-c2ccccc2)n1C. The maximum absolute atomic E-state index is 12.9. The van der Waals surface area contributed by atoms with Crippen molar-refractivity contribution in [1.82, 2.24) is 14.3 Å². The summed E-state index contributed by atoms with van der Waals surface area (Å²) in [7, 11) is 1.84. The van der Waals surface area contributed by atoms with E-state index in [2.05, 4.69) is 5.32 Å². The standard InChI is InChI=1S/C18H23N5O2S/c1-12-15(17(25)23(21(12)2)14-6-4-3-5-7-14)20-18(26)22-10-8-13(9-11-22)16(19)24/h3-7,13H,8-11H2,1-2H3,(H2,19,24)(H,20,26). The van der Waals surface area contributed by atoms with Gasteiger partial charge in [-0.25, -0.2) is 4.68 Å². The van der Waals surface area contributed by atoms with E-state index in [4.69, 9.17) is 18.0 Å². The average molecular weight is 373 g/mol. The monoisotopic (exact) mass is 373 g/mol. The number of likely N-dealkylation sites (tertiary alicyclic amines) is 1. The van der Waals surface area contributed by atoms with Crippen LogP contribution in [-0.2, 0) is 11.8 Å². The van der Waals surface area contributed by atoms with Gasteiger partial charge in [-0.3, -0.25) is 14.3 Å². The van der Waals surface area contributed by atoms with Crippen LogP contribution >= 0.6 is 12.2 Å². The lowest BCUT2D eigenvalue weighted by Crippen LogP contribution is -2.44. The van der Waals surface area contributed by atoms with Gasteiger partial charge in [-0.1, -0.05) is 18.2 Å². The van der Waals surface area contributed by atoms with E-state index < -0.39 is 0 Å². The molecule has 0 bridgehead atoms. The molecule has 1 saturated heterocycles. The number of aromatic nitrogens is 2. The summed E-state index contributed by atoms with van der Waals surface area (Å²) in [6.07, 6.45) is 1.36. The van der Waals surface area contributed by atoms with E-state index in [9.17, 15) is 9.59 Å².